The van der Waals surface area contributed by atoms with Crippen molar-refractivity contribution in [2.45, 2.75) is 31.6 Å². The molecule has 0 spiro atoms. The van der Waals surface area contributed by atoms with Crippen LogP contribution in [-0.4, -0.2) is 18.8 Å². The van der Waals surface area contributed by atoms with E-state index < -0.39 is 17.5 Å². The van der Waals surface area contributed by atoms with Crippen LogP contribution < -0.4 is 4.74 Å². The van der Waals surface area contributed by atoms with Gasteiger partial charge in [-0.3, -0.25) is 0 Å². The lowest BCUT2D eigenvalue weighted by Gasteiger charge is -2.28. The number of benzene rings is 3. The highest BCUT2D eigenvalue weighted by atomic mass is 19.2. The third-order valence-corrected chi connectivity index (χ3v) is 6.54. The molecule has 1 fully saturated rings. The Morgan fingerprint density at radius 1 is 0.848 bits per heavy atom. The molecule has 0 saturated heterocycles. The Labute approximate surface area is 192 Å². The number of ether oxygens (including phenoxy) is 1. The summed E-state index contributed by atoms with van der Waals surface area (Å²) in [6.45, 7) is 0.158. The maximum Gasteiger partial charge on any atom is 0.166 e. The Morgan fingerprint density at radius 2 is 1.55 bits per heavy atom. The zero-order valence-corrected chi connectivity index (χ0v) is 18.5. The molecule has 1 aliphatic rings. The number of halogens is 3. The van der Waals surface area contributed by atoms with Gasteiger partial charge in [-0.25, -0.2) is 13.2 Å². The van der Waals surface area contributed by atoms with E-state index in [1.54, 1.807) is 36.4 Å². The molecule has 3 aromatic rings. The molecule has 1 aliphatic carbocycles. The molecule has 0 aromatic heterocycles. The van der Waals surface area contributed by atoms with Gasteiger partial charge in [0.15, 0.2) is 23.2 Å². The van der Waals surface area contributed by atoms with Gasteiger partial charge in [0.25, 0.3) is 0 Å². The normalized spacial score (nSPS) is 18.6. The summed E-state index contributed by atoms with van der Waals surface area (Å²) in [5.74, 6) is -1.58. The third kappa shape index (κ3) is 5.14. The van der Waals surface area contributed by atoms with Crippen LogP contribution in [-0.2, 0) is 0 Å². The minimum Gasteiger partial charge on any atom is -0.494 e. The van der Waals surface area contributed by atoms with Gasteiger partial charge in [0.1, 0.15) is 0 Å². The summed E-state index contributed by atoms with van der Waals surface area (Å²) >= 11 is 0. The summed E-state index contributed by atoms with van der Waals surface area (Å²) in [4.78, 5) is 0. The summed E-state index contributed by atoms with van der Waals surface area (Å²) in [6.07, 6.45) is 6.49. The molecule has 33 heavy (non-hydrogen) atoms. The second kappa shape index (κ2) is 10.3. The molecular weight excluding hydrogens is 425 g/mol. The van der Waals surface area contributed by atoms with E-state index in [1.807, 2.05) is 24.3 Å². The first-order valence-electron chi connectivity index (χ1n) is 11.2. The first kappa shape index (κ1) is 23.1. The van der Waals surface area contributed by atoms with E-state index in [2.05, 4.69) is 0 Å². The summed E-state index contributed by atoms with van der Waals surface area (Å²) in [6, 6.07) is 15.5. The monoisotopic (exact) mass is 452 g/mol. The van der Waals surface area contributed by atoms with Gasteiger partial charge < -0.3 is 9.84 Å². The van der Waals surface area contributed by atoms with Crippen LogP contribution in [0.25, 0.3) is 23.3 Å². The number of hydrogen-bond donors (Lipinski definition) is 1. The van der Waals surface area contributed by atoms with Crippen LogP contribution in [0.15, 0.2) is 54.6 Å². The fraction of sp³-hybridized carbons (Fsp3) is 0.286. The third-order valence-electron chi connectivity index (χ3n) is 6.54. The topological polar surface area (TPSA) is 29.5 Å². The Bertz CT molecular complexity index is 1130. The highest BCUT2D eigenvalue weighted by molar-refractivity contribution is 5.72. The van der Waals surface area contributed by atoms with Crippen LogP contribution >= 0.6 is 0 Å². The van der Waals surface area contributed by atoms with Crippen molar-refractivity contribution in [1.29, 1.82) is 0 Å². The van der Waals surface area contributed by atoms with Crippen LogP contribution in [0.2, 0.25) is 0 Å². The molecule has 4 rings (SSSR count). The summed E-state index contributed by atoms with van der Waals surface area (Å²) < 4.78 is 48.4. The molecule has 1 saturated carbocycles. The van der Waals surface area contributed by atoms with Crippen molar-refractivity contribution in [1.82, 2.24) is 0 Å². The summed E-state index contributed by atoms with van der Waals surface area (Å²) in [7, 11) is 1.42. The number of aliphatic hydroxyl groups excluding tert-OH is 1. The Hall–Kier alpha value is -3.05. The molecule has 0 bridgehead atoms. The average Bonchev–Trinajstić information content (AvgIpc) is 2.85. The Morgan fingerprint density at radius 3 is 2.18 bits per heavy atom. The molecule has 1 N–H and O–H groups in total. The SMILES string of the molecule is COc1ccc(-c2ccc(C=Cc3ccc(C4CCC(CO)CC4)c(F)c3F)cc2)cc1F. The smallest absolute Gasteiger partial charge is 0.166 e. The van der Waals surface area contributed by atoms with E-state index in [-0.39, 0.29) is 29.8 Å². The number of methoxy groups -OCH3 is 1. The van der Waals surface area contributed by atoms with Crippen LogP contribution in [0.3, 0.4) is 0 Å². The minimum absolute atomic E-state index is 0.00401. The van der Waals surface area contributed by atoms with Crippen LogP contribution in [0.4, 0.5) is 13.2 Å². The largest absolute Gasteiger partial charge is 0.494 e. The van der Waals surface area contributed by atoms with Crippen molar-refractivity contribution in [2.75, 3.05) is 13.7 Å². The predicted octanol–water partition coefficient (Wildman–Crippen LogP) is 7.22. The highest BCUT2D eigenvalue weighted by Crippen LogP contribution is 2.37. The van der Waals surface area contributed by atoms with E-state index in [9.17, 15) is 18.3 Å². The molecule has 0 aliphatic heterocycles. The molecule has 0 unspecified atom stereocenters. The van der Waals surface area contributed by atoms with Crippen LogP contribution in [0.1, 0.15) is 48.3 Å². The molecule has 3 aromatic carbocycles. The van der Waals surface area contributed by atoms with E-state index in [0.29, 0.717) is 5.56 Å². The van der Waals surface area contributed by atoms with Crippen molar-refractivity contribution in [3.8, 4) is 16.9 Å². The van der Waals surface area contributed by atoms with E-state index in [4.69, 9.17) is 4.74 Å². The average molecular weight is 453 g/mol. The zero-order chi connectivity index (χ0) is 23.4. The maximum atomic E-state index is 14.8. The fourth-order valence-electron chi connectivity index (χ4n) is 4.50. The van der Waals surface area contributed by atoms with Gasteiger partial charge in [-0.15, -0.1) is 0 Å². The Balaban J connectivity index is 1.47. The first-order valence-corrected chi connectivity index (χ1v) is 11.2. The van der Waals surface area contributed by atoms with Crippen molar-refractivity contribution >= 4 is 12.2 Å². The lowest BCUT2D eigenvalue weighted by atomic mass is 9.78. The second-order valence-corrected chi connectivity index (χ2v) is 8.58. The number of hydrogen-bond acceptors (Lipinski definition) is 2. The van der Waals surface area contributed by atoms with Crippen molar-refractivity contribution in [3.05, 3.63) is 88.7 Å². The molecule has 2 nitrogen and oxygen atoms in total. The quantitative estimate of drug-likeness (QED) is 0.400. The minimum atomic E-state index is -0.835. The summed E-state index contributed by atoms with van der Waals surface area (Å²) in [5.41, 5.74) is 3.00. The Kier molecular flexibility index (Phi) is 7.19. The molecule has 5 heteroatoms. The van der Waals surface area contributed by atoms with Gasteiger partial charge in [-0.1, -0.05) is 54.6 Å². The van der Waals surface area contributed by atoms with Gasteiger partial charge in [0, 0.05) is 12.2 Å². The van der Waals surface area contributed by atoms with Gasteiger partial charge in [0.2, 0.25) is 0 Å². The van der Waals surface area contributed by atoms with E-state index >= 15 is 0 Å². The van der Waals surface area contributed by atoms with Crippen molar-refractivity contribution < 1.29 is 23.0 Å². The lowest BCUT2D eigenvalue weighted by molar-refractivity contribution is 0.181. The lowest BCUT2D eigenvalue weighted by Crippen LogP contribution is -2.17. The summed E-state index contributed by atoms with van der Waals surface area (Å²) in [5, 5.41) is 9.28. The highest BCUT2D eigenvalue weighted by Gasteiger charge is 2.25. The van der Waals surface area contributed by atoms with Gasteiger partial charge in [-0.05, 0) is 71.9 Å². The molecule has 0 atom stereocenters. The van der Waals surface area contributed by atoms with Crippen LogP contribution in [0.5, 0.6) is 5.75 Å². The molecule has 0 amide bonds. The number of rotatable bonds is 6. The first-order chi connectivity index (χ1) is 16.0. The molecule has 0 heterocycles. The second-order valence-electron chi connectivity index (χ2n) is 8.58. The predicted molar refractivity (Wildman–Crippen MR) is 125 cm³/mol. The zero-order valence-electron chi connectivity index (χ0n) is 18.5. The van der Waals surface area contributed by atoms with Crippen molar-refractivity contribution in [3.63, 3.8) is 0 Å². The molecule has 0 radical (unpaired) electrons. The molecule has 172 valence electrons. The van der Waals surface area contributed by atoms with Crippen molar-refractivity contribution in [2.24, 2.45) is 5.92 Å². The van der Waals surface area contributed by atoms with Crippen LogP contribution in [0, 0.1) is 23.4 Å². The fourth-order valence-corrected chi connectivity index (χ4v) is 4.50. The maximum absolute atomic E-state index is 14.8. The standard InChI is InChI=1S/C28H27F3O2/c1-33-26-15-13-23(16-25(26)29)20-7-2-18(3-8-20)4-11-22-12-14-24(28(31)27(22)30)21-9-5-19(17-32)6-10-21/h2-4,7-8,11-16,19,21,32H,5-6,9-10,17H2,1H3. The molecular formula is C28H27F3O2. The van der Waals surface area contributed by atoms with E-state index in [1.165, 1.54) is 13.2 Å². The van der Waals surface area contributed by atoms with Gasteiger partial charge in [-0.2, -0.15) is 0 Å². The number of aliphatic hydroxyl groups is 1. The van der Waals surface area contributed by atoms with E-state index in [0.717, 1.165) is 42.4 Å². The van der Waals surface area contributed by atoms with Gasteiger partial charge in [0.05, 0.1) is 7.11 Å². The van der Waals surface area contributed by atoms with Gasteiger partial charge >= 0.3 is 0 Å².